The highest BCUT2D eigenvalue weighted by atomic mass is 19.3. The van der Waals surface area contributed by atoms with E-state index in [4.69, 9.17) is 10.5 Å². The number of aromatic amines is 1. The van der Waals surface area contributed by atoms with Crippen LogP contribution in [0.3, 0.4) is 0 Å². The lowest BCUT2D eigenvalue weighted by Gasteiger charge is -2.41. The lowest BCUT2D eigenvalue weighted by atomic mass is 9.84. The average molecular weight is 571 g/mol. The molecule has 41 heavy (non-hydrogen) atoms. The Balaban J connectivity index is 1.28. The summed E-state index contributed by atoms with van der Waals surface area (Å²) in [5.74, 6) is -6.29. The van der Waals surface area contributed by atoms with Crippen LogP contribution in [-0.2, 0) is 4.79 Å². The van der Waals surface area contributed by atoms with E-state index in [2.05, 4.69) is 25.1 Å². The molecule has 3 N–H and O–H groups in total. The van der Waals surface area contributed by atoms with Crippen molar-refractivity contribution in [3.05, 3.63) is 47.9 Å². The maximum Gasteiger partial charge on any atom is 0.272 e. The van der Waals surface area contributed by atoms with Gasteiger partial charge in [0.2, 0.25) is 11.8 Å². The lowest BCUT2D eigenvalue weighted by Crippen LogP contribution is -2.52. The van der Waals surface area contributed by atoms with Gasteiger partial charge in [0.05, 0.1) is 43.6 Å². The Bertz CT molecular complexity index is 1500. The number of nitrogens with one attached hydrogen (secondary N) is 1. The van der Waals surface area contributed by atoms with E-state index in [-0.39, 0.29) is 42.3 Å². The molecule has 0 radical (unpaired) electrons. The number of halogens is 3. The number of hydrogen-bond donors (Lipinski definition) is 2. The number of amides is 2. The van der Waals surface area contributed by atoms with Gasteiger partial charge in [0.1, 0.15) is 11.5 Å². The number of pyridine rings is 1. The van der Waals surface area contributed by atoms with Crippen LogP contribution in [0.25, 0.3) is 11.3 Å². The normalized spacial score (nSPS) is 26.8. The van der Waals surface area contributed by atoms with E-state index in [0.717, 1.165) is 6.20 Å². The fourth-order valence-corrected chi connectivity index (χ4v) is 6.47. The number of primary amides is 1. The summed E-state index contributed by atoms with van der Waals surface area (Å²) < 4.78 is 50.5. The topological polar surface area (TPSA) is 143 Å². The second kappa shape index (κ2) is 9.70. The molecule has 3 aromatic heterocycles. The summed E-state index contributed by atoms with van der Waals surface area (Å²) >= 11 is 0. The van der Waals surface area contributed by atoms with Crippen LogP contribution < -0.4 is 15.4 Å². The number of carbonyl (C=O) groups excluding carboxylic acids is 2. The van der Waals surface area contributed by atoms with Crippen LogP contribution in [0.2, 0.25) is 0 Å². The van der Waals surface area contributed by atoms with Crippen molar-refractivity contribution in [1.82, 2.24) is 30.0 Å². The van der Waals surface area contributed by atoms with Gasteiger partial charge < -0.3 is 20.3 Å². The number of likely N-dealkylation sites (tertiary alicyclic amines) is 1. The van der Waals surface area contributed by atoms with E-state index in [9.17, 15) is 14.0 Å². The minimum atomic E-state index is -3.05. The number of carbonyl (C=O) groups is 2. The third-order valence-corrected chi connectivity index (χ3v) is 8.65. The summed E-state index contributed by atoms with van der Waals surface area (Å²) in [5.41, 5.74) is 5.68. The quantitative estimate of drug-likeness (QED) is 0.461. The number of nitrogens with two attached hydrogens (primary N) is 1. The van der Waals surface area contributed by atoms with Crippen LogP contribution in [-0.4, -0.2) is 80.1 Å². The van der Waals surface area contributed by atoms with Crippen molar-refractivity contribution in [2.24, 2.45) is 23.5 Å². The fourth-order valence-electron chi connectivity index (χ4n) is 6.47. The molecular weight excluding hydrogens is 541 g/mol. The number of alkyl halides is 2. The minimum absolute atomic E-state index is 0.0395. The smallest absolute Gasteiger partial charge is 0.272 e. The first kappa shape index (κ1) is 27.0. The van der Waals surface area contributed by atoms with Gasteiger partial charge in [0.25, 0.3) is 11.8 Å². The van der Waals surface area contributed by atoms with Gasteiger partial charge in [-0.15, -0.1) is 0 Å². The molecule has 3 aromatic rings. The van der Waals surface area contributed by atoms with Crippen molar-refractivity contribution in [3.8, 4) is 17.1 Å². The average Bonchev–Trinajstić information content (AvgIpc) is 3.27. The zero-order chi connectivity index (χ0) is 29.1. The Morgan fingerprint density at radius 1 is 1.12 bits per heavy atom. The molecule has 1 aliphatic carbocycles. The monoisotopic (exact) mass is 570 g/mol. The highest BCUT2D eigenvalue weighted by Crippen LogP contribution is 2.62. The molecule has 2 saturated heterocycles. The first-order valence-electron chi connectivity index (χ1n) is 13.3. The Kier molecular flexibility index (Phi) is 6.38. The van der Waals surface area contributed by atoms with Crippen LogP contribution >= 0.6 is 0 Å². The van der Waals surface area contributed by atoms with E-state index in [1.807, 2.05) is 0 Å². The largest absolute Gasteiger partial charge is 0.481 e. The number of aromatic nitrogens is 5. The number of H-pyrrole nitrogens is 1. The number of aryl methyl sites for hydroxylation is 1. The molecule has 1 spiro atoms. The predicted octanol–water partition coefficient (Wildman–Crippen LogP) is 2.59. The molecule has 11 nitrogen and oxygen atoms in total. The van der Waals surface area contributed by atoms with Gasteiger partial charge in [-0.1, -0.05) is 0 Å². The molecule has 14 heteroatoms. The predicted molar refractivity (Wildman–Crippen MR) is 140 cm³/mol. The Hall–Kier alpha value is -4.23. The van der Waals surface area contributed by atoms with Gasteiger partial charge in [-0.25, -0.2) is 23.1 Å². The van der Waals surface area contributed by atoms with Crippen molar-refractivity contribution in [3.63, 3.8) is 0 Å². The van der Waals surface area contributed by atoms with Crippen LogP contribution in [0.15, 0.2) is 30.7 Å². The number of methoxy groups -OCH3 is 1. The van der Waals surface area contributed by atoms with Gasteiger partial charge in [-0.3, -0.25) is 19.7 Å². The summed E-state index contributed by atoms with van der Waals surface area (Å²) in [6, 6.07) is 2.77. The summed E-state index contributed by atoms with van der Waals surface area (Å²) in [5, 5.41) is 6.78. The summed E-state index contributed by atoms with van der Waals surface area (Å²) in [4.78, 5) is 41.3. The molecule has 2 amide bonds. The number of nitrogens with zero attached hydrogens (tertiary/aromatic N) is 6. The highest BCUT2D eigenvalue weighted by molar-refractivity contribution is 5.94. The molecule has 0 bridgehead atoms. The molecule has 1 saturated carbocycles. The summed E-state index contributed by atoms with van der Waals surface area (Å²) in [6.07, 6.45) is 4.84. The molecule has 6 rings (SSSR count). The Morgan fingerprint density at radius 3 is 2.63 bits per heavy atom. The van der Waals surface area contributed by atoms with E-state index in [1.165, 1.54) is 36.5 Å². The molecule has 4 atom stereocenters. The van der Waals surface area contributed by atoms with E-state index >= 15 is 8.78 Å². The number of rotatable bonds is 6. The van der Waals surface area contributed by atoms with Crippen LogP contribution in [0.1, 0.15) is 35.4 Å². The van der Waals surface area contributed by atoms with Gasteiger partial charge in [0.15, 0.2) is 5.82 Å². The van der Waals surface area contributed by atoms with E-state index < -0.39 is 53.4 Å². The first-order valence-corrected chi connectivity index (χ1v) is 13.3. The second-order valence-corrected chi connectivity index (χ2v) is 11.1. The molecule has 0 aromatic carbocycles. The number of piperidine rings is 1. The number of anilines is 1. The highest BCUT2D eigenvalue weighted by Gasteiger charge is 2.69. The summed E-state index contributed by atoms with van der Waals surface area (Å²) in [7, 11) is 1.39. The SMILES string of the molecule is COc1cc(-c2cc(C(=O)N3CCC(C(N)=O)CC34CC4[C@H]3CN(c4cnc(C)cn4)CC3(F)F)[nH]n2)c(F)cn1. The van der Waals surface area contributed by atoms with Crippen LogP contribution in [0.5, 0.6) is 5.88 Å². The van der Waals surface area contributed by atoms with Crippen LogP contribution in [0, 0.1) is 30.5 Å². The Labute approximate surface area is 233 Å². The van der Waals surface area contributed by atoms with Crippen molar-refractivity contribution in [2.75, 3.05) is 31.6 Å². The van der Waals surface area contributed by atoms with Crippen LogP contribution in [0.4, 0.5) is 19.0 Å². The summed E-state index contributed by atoms with van der Waals surface area (Å²) in [6.45, 7) is 1.46. The number of hydrogen-bond acceptors (Lipinski definition) is 8. The van der Waals surface area contributed by atoms with Gasteiger partial charge in [-0.05, 0) is 38.2 Å². The standard InChI is InChI=1S/C27H29F3N8O3/c1-14-9-33-22(11-32-14)37-12-18(27(29,30)13-37)17-8-26(17)7-15(24(31)39)3-4-38(26)25(40)21-6-20(35-36-21)16-5-23(41-2)34-10-19(16)28/h5-6,9-11,15,17-18H,3-4,7-8,12-13H2,1-2H3,(H2,31,39)(H,35,36)/t15?,17?,18-,26?/m1/s1. The van der Waals surface area contributed by atoms with Crippen molar-refractivity contribution >= 4 is 17.6 Å². The molecule has 3 fully saturated rings. The van der Waals surface area contributed by atoms with E-state index in [0.29, 0.717) is 24.4 Å². The molecular formula is C27H29F3N8O3. The van der Waals surface area contributed by atoms with Crippen molar-refractivity contribution in [1.29, 1.82) is 0 Å². The third-order valence-electron chi connectivity index (χ3n) is 8.65. The zero-order valence-corrected chi connectivity index (χ0v) is 22.5. The second-order valence-electron chi connectivity index (χ2n) is 11.1. The zero-order valence-electron chi connectivity index (χ0n) is 22.5. The third kappa shape index (κ3) is 4.64. The molecule has 3 unspecified atom stereocenters. The Morgan fingerprint density at radius 2 is 1.93 bits per heavy atom. The van der Waals surface area contributed by atoms with E-state index in [1.54, 1.807) is 11.8 Å². The fraction of sp³-hybridized carbons (Fsp3) is 0.481. The molecule has 5 heterocycles. The van der Waals surface area contributed by atoms with Crippen molar-refractivity contribution < 1.29 is 27.5 Å². The molecule has 216 valence electrons. The van der Waals surface area contributed by atoms with Crippen molar-refractivity contribution in [2.45, 2.75) is 37.6 Å². The van der Waals surface area contributed by atoms with Gasteiger partial charge in [-0.2, -0.15) is 5.10 Å². The maximum atomic E-state index is 15.5. The maximum absolute atomic E-state index is 15.5. The number of ether oxygens (including phenoxy) is 1. The van der Waals surface area contributed by atoms with Gasteiger partial charge >= 0.3 is 0 Å². The minimum Gasteiger partial charge on any atom is -0.481 e. The molecule has 2 aliphatic heterocycles. The lowest BCUT2D eigenvalue weighted by molar-refractivity contribution is -0.124. The first-order chi connectivity index (χ1) is 19.5. The molecule has 3 aliphatic rings. The van der Waals surface area contributed by atoms with Gasteiger partial charge in [0, 0.05) is 42.1 Å².